The summed E-state index contributed by atoms with van der Waals surface area (Å²) in [5.41, 5.74) is 3.37. The number of fused-ring (bicyclic) bond motifs is 1. The van der Waals surface area contributed by atoms with Crippen LogP contribution in [0.5, 0.6) is 5.75 Å². The largest absolute Gasteiger partial charge is 0.495 e. The lowest BCUT2D eigenvalue weighted by atomic mass is 9.87. The molecule has 1 fully saturated rings. The summed E-state index contributed by atoms with van der Waals surface area (Å²) in [6.07, 6.45) is 6.30. The van der Waals surface area contributed by atoms with Gasteiger partial charge in [0.1, 0.15) is 11.6 Å². The molecule has 3 heterocycles. The van der Waals surface area contributed by atoms with Crippen LogP contribution in [0.4, 0.5) is 4.39 Å². The first-order valence-corrected chi connectivity index (χ1v) is 12.0. The van der Waals surface area contributed by atoms with Crippen molar-refractivity contribution in [3.05, 3.63) is 83.2 Å². The Kier molecular flexibility index (Phi) is 5.90. The van der Waals surface area contributed by atoms with Crippen LogP contribution in [0.3, 0.4) is 0 Å². The minimum Gasteiger partial charge on any atom is -0.495 e. The molecule has 2 aliphatic rings. The number of aromatic nitrogens is 2. The third kappa shape index (κ3) is 4.17. The number of halogens is 1. The zero-order chi connectivity index (χ0) is 25.6. The van der Waals surface area contributed by atoms with Crippen molar-refractivity contribution >= 4 is 17.9 Å². The molecular formula is C28H30FN5O2. The number of benzene rings is 2. The van der Waals surface area contributed by atoms with Crippen molar-refractivity contribution in [2.45, 2.75) is 38.8 Å². The number of amides is 1. The smallest absolute Gasteiger partial charge is 0.259 e. The molecule has 1 aromatic heterocycles. The number of guanidine groups is 1. The summed E-state index contributed by atoms with van der Waals surface area (Å²) in [7, 11) is 3.58. The maximum atomic E-state index is 14.1. The van der Waals surface area contributed by atoms with Crippen molar-refractivity contribution in [3.8, 4) is 11.4 Å². The zero-order valence-corrected chi connectivity index (χ0v) is 21.2. The normalized spacial score (nSPS) is 20.4. The van der Waals surface area contributed by atoms with E-state index in [2.05, 4.69) is 4.98 Å². The van der Waals surface area contributed by atoms with Crippen LogP contribution in [0.25, 0.3) is 11.8 Å². The minimum absolute atomic E-state index is 0.0980. The predicted octanol–water partition coefficient (Wildman–Crippen LogP) is 4.77. The average Bonchev–Trinajstić information content (AvgIpc) is 3.28. The van der Waals surface area contributed by atoms with E-state index < -0.39 is 5.54 Å². The van der Waals surface area contributed by atoms with Crippen LogP contribution in [0.1, 0.15) is 43.1 Å². The van der Waals surface area contributed by atoms with Gasteiger partial charge in [-0.2, -0.15) is 0 Å². The van der Waals surface area contributed by atoms with Gasteiger partial charge in [0.2, 0.25) is 5.96 Å². The maximum Gasteiger partial charge on any atom is 0.259 e. The Hall–Kier alpha value is -3.94. The monoisotopic (exact) mass is 487 g/mol. The number of hydrogen-bond acceptors (Lipinski definition) is 5. The van der Waals surface area contributed by atoms with Crippen molar-refractivity contribution in [3.63, 3.8) is 0 Å². The SMILES string of the molecule is COc1cc(C=C2C(=O)N3C(=NC2(C)C)N(C)CCC3c2ccc(F)cc2)ccc1-n1cnc(C)c1. The highest BCUT2D eigenvalue weighted by molar-refractivity contribution is 6.12. The standard InChI is InChI=1S/C28H30FN5O2/c1-18-16-33(17-30-18)24-11-6-19(15-25(24)36-5)14-22-26(35)34-23(20-7-9-21(29)10-8-20)12-13-32(4)27(34)31-28(22,2)3/h6-11,14-17,23H,12-13H2,1-5H3. The Morgan fingerprint density at radius 2 is 1.92 bits per heavy atom. The predicted molar refractivity (Wildman–Crippen MR) is 138 cm³/mol. The molecule has 186 valence electrons. The molecule has 0 radical (unpaired) electrons. The van der Waals surface area contributed by atoms with Gasteiger partial charge in [-0.3, -0.25) is 9.69 Å². The molecule has 1 atom stereocenters. The number of carbonyl (C=O) groups is 1. The topological polar surface area (TPSA) is 63.0 Å². The fourth-order valence-corrected chi connectivity index (χ4v) is 4.90. The number of methoxy groups -OCH3 is 1. The van der Waals surface area contributed by atoms with Gasteiger partial charge in [-0.1, -0.05) is 18.2 Å². The van der Waals surface area contributed by atoms with Crippen LogP contribution in [0.15, 0.2) is 65.6 Å². The van der Waals surface area contributed by atoms with Crippen molar-refractivity contribution in [1.82, 2.24) is 19.4 Å². The first-order valence-electron chi connectivity index (χ1n) is 12.0. The second kappa shape index (κ2) is 8.93. The summed E-state index contributed by atoms with van der Waals surface area (Å²) in [6, 6.07) is 12.0. The number of imidazole rings is 1. The Labute approximate surface area is 210 Å². The zero-order valence-electron chi connectivity index (χ0n) is 21.2. The average molecular weight is 488 g/mol. The maximum absolute atomic E-state index is 14.1. The van der Waals surface area contributed by atoms with E-state index >= 15 is 0 Å². The molecule has 1 amide bonds. The lowest BCUT2D eigenvalue weighted by Gasteiger charge is -2.47. The highest BCUT2D eigenvalue weighted by Crippen LogP contribution is 2.39. The molecule has 2 aromatic carbocycles. The van der Waals surface area contributed by atoms with E-state index in [-0.39, 0.29) is 17.8 Å². The van der Waals surface area contributed by atoms with Crippen molar-refractivity contribution in [1.29, 1.82) is 0 Å². The van der Waals surface area contributed by atoms with Gasteiger partial charge >= 0.3 is 0 Å². The van der Waals surface area contributed by atoms with Crippen molar-refractivity contribution in [2.75, 3.05) is 20.7 Å². The molecule has 2 aliphatic heterocycles. The summed E-state index contributed by atoms with van der Waals surface area (Å²) < 4.78 is 21.2. The second-order valence-electron chi connectivity index (χ2n) is 9.84. The number of rotatable bonds is 4. The van der Waals surface area contributed by atoms with Gasteiger partial charge in [0.05, 0.1) is 36.4 Å². The molecule has 0 spiro atoms. The minimum atomic E-state index is -0.727. The number of aryl methyl sites for hydroxylation is 1. The van der Waals surface area contributed by atoms with E-state index in [1.807, 2.05) is 67.8 Å². The van der Waals surface area contributed by atoms with Gasteiger partial charge < -0.3 is 14.2 Å². The molecule has 0 bridgehead atoms. The van der Waals surface area contributed by atoms with E-state index in [0.717, 1.165) is 35.5 Å². The lowest BCUT2D eigenvalue weighted by molar-refractivity contribution is -0.127. The van der Waals surface area contributed by atoms with Gasteiger partial charge in [0.25, 0.3) is 5.91 Å². The van der Waals surface area contributed by atoms with E-state index in [9.17, 15) is 9.18 Å². The van der Waals surface area contributed by atoms with Gasteiger partial charge in [-0.25, -0.2) is 14.4 Å². The summed E-state index contributed by atoms with van der Waals surface area (Å²) in [6.45, 7) is 6.60. The van der Waals surface area contributed by atoms with E-state index in [1.165, 1.54) is 12.1 Å². The van der Waals surface area contributed by atoms with Crippen molar-refractivity contribution < 1.29 is 13.9 Å². The molecule has 36 heavy (non-hydrogen) atoms. The Morgan fingerprint density at radius 3 is 2.58 bits per heavy atom. The van der Waals surface area contributed by atoms with Crippen LogP contribution in [-0.4, -0.2) is 57.5 Å². The number of nitrogens with zero attached hydrogens (tertiary/aromatic N) is 5. The highest BCUT2D eigenvalue weighted by atomic mass is 19.1. The molecule has 1 unspecified atom stereocenters. The fourth-order valence-electron chi connectivity index (χ4n) is 4.90. The Balaban J connectivity index is 1.56. The molecular weight excluding hydrogens is 457 g/mol. The molecule has 0 N–H and O–H groups in total. The molecule has 8 heteroatoms. The molecule has 1 saturated heterocycles. The van der Waals surface area contributed by atoms with Crippen LogP contribution >= 0.6 is 0 Å². The molecule has 0 saturated carbocycles. The van der Waals surface area contributed by atoms with E-state index in [4.69, 9.17) is 9.73 Å². The number of hydrogen-bond donors (Lipinski definition) is 0. The van der Waals surface area contributed by atoms with E-state index in [1.54, 1.807) is 30.5 Å². The van der Waals surface area contributed by atoms with Crippen LogP contribution in [0.2, 0.25) is 0 Å². The molecule has 3 aromatic rings. The van der Waals surface area contributed by atoms with Crippen LogP contribution in [-0.2, 0) is 4.79 Å². The highest BCUT2D eigenvalue weighted by Gasteiger charge is 2.45. The number of aliphatic imine (C=N–C) groups is 1. The van der Waals surface area contributed by atoms with Gasteiger partial charge in [0, 0.05) is 25.4 Å². The Bertz CT molecular complexity index is 1370. The first-order chi connectivity index (χ1) is 17.2. The third-order valence-electron chi connectivity index (χ3n) is 6.85. The van der Waals surface area contributed by atoms with Crippen LogP contribution < -0.4 is 4.74 Å². The van der Waals surface area contributed by atoms with Crippen molar-refractivity contribution in [2.24, 2.45) is 4.99 Å². The first kappa shape index (κ1) is 23.8. The summed E-state index contributed by atoms with van der Waals surface area (Å²) in [5, 5.41) is 0. The van der Waals surface area contributed by atoms with Gasteiger partial charge in [-0.15, -0.1) is 0 Å². The molecule has 0 aliphatic carbocycles. The summed E-state index contributed by atoms with van der Waals surface area (Å²) in [4.78, 5) is 27.1. The fraction of sp³-hybridized carbons (Fsp3) is 0.321. The van der Waals surface area contributed by atoms with E-state index in [0.29, 0.717) is 17.3 Å². The third-order valence-corrected chi connectivity index (χ3v) is 6.85. The van der Waals surface area contributed by atoms with Gasteiger partial charge in [0.15, 0.2) is 0 Å². The molecule has 5 rings (SSSR count). The number of ether oxygens (including phenoxy) is 1. The lowest BCUT2D eigenvalue weighted by Crippen LogP contribution is -2.58. The molecule has 7 nitrogen and oxygen atoms in total. The Morgan fingerprint density at radius 1 is 1.17 bits per heavy atom. The quantitative estimate of drug-likeness (QED) is 0.498. The van der Waals surface area contributed by atoms with Crippen LogP contribution in [0, 0.1) is 12.7 Å². The number of carbonyl (C=O) groups excluding carboxylic acids is 1. The summed E-state index contributed by atoms with van der Waals surface area (Å²) in [5.74, 6) is 0.926. The van der Waals surface area contributed by atoms with Gasteiger partial charge in [-0.05, 0) is 68.7 Å². The summed E-state index contributed by atoms with van der Waals surface area (Å²) >= 11 is 0. The second-order valence-corrected chi connectivity index (χ2v) is 9.84.